The van der Waals surface area contributed by atoms with Crippen LogP contribution in [0.3, 0.4) is 0 Å². The van der Waals surface area contributed by atoms with Gasteiger partial charge in [-0.1, -0.05) is 275 Å². The molecule has 6 nitrogen and oxygen atoms in total. The first-order chi connectivity index (χ1) is 34.5. The second kappa shape index (κ2) is 58.9. The van der Waals surface area contributed by atoms with E-state index >= 15 is 0 Å². The molecule has 0 radical (unpaired) electrons. The van der Waals surface area contributed by atoms with Gasteiger partial charge in [-0.15, -0.1) is 0 Å². The molecular formula is C64H116O6. The first kappa shape index (κ1) is 67.4. The lowest BCUT2D eigenvalue weighted by Crippen LogP contribution is -2.30. The van der Waals surface area contributed by atoms with E-state index < -0.39 is 6.10 Å². The molecule has 6 heteroatoms. The Morgan fingerprint density at radius 3 is 0.900 bits per heavy atom. The van der Waals surface area contributed by atoms with Gasteiger partial charge in [-0.2, -0.15) is 0 Å². The Morgan fingerprint density at radius 2 is 0.543 bits per heavy atom. The molecule has 408 valence electrons. The van der Waals surface area contributed by atoms with Crippen molar-refractivity contribution >= 4 is 17.9 Å². The average Bonchev–Trinajstić information content (AvgIpc) is 3.36. The lowest BCUT2D eigenvalue weighted by molar-refractivity contribution is -0.167. The van der Waals surface area contributed by atoms with Gasteiger partial charge in [0.2, 0.25) is 0 Å². The molecule has 0 saturated heterocycles. The van der Waals surface area contributed by atoms with Crippen molar-refractivity contribution in [3.63, 3.8) is 0 Å². The lowest BCUT2D eigenvalue weighted by atomic mass is 10.0. The van der Waals surface area contributed by atoms with Gasteiger partial charge in [0.25, 0.3) is 0 Å². The molecule has 0 rings (SSSR count). The van der Waals surface area contributed by atoms with Gasteiger partial charge < -0.3 is 14.2 Å². The highest BCUT2D eigenvalue weighted by molar-refractivity contribution is 5.71. The summed E-state index contributed by atoms with van der Waals surface area (Å²) in [5, 5.41) is 0. The number of hydrogen-bond donors (Lipinski definition) is 0. The Bertz CT molecular complexity index is 1220. The van der Waals surface area contributed by atoms with Gasteiger partial charge in [-0.05, 0) is 77.0 Å². The van der Waals surface area contributed by atoms with Crippen LogP contribution < -0.4 is 0 Å². The topological polar surface area (TPSA) is 78.9 Å². The Hall–Kier alpha value is -2.63. The normalized spacial score (nSPS) is 12.3. The van der Waals surface area contributed by atoms with Crippen molar-refractivity contribution in [1.82, 2.24) is 0 Å². The number of carbonyl (C=O) groups is 3. The largest absolute Gasteiger partial charge is 0.462 e. The van der Waals surface area contributed by atoms with Gasteiger partial charge in [-0.25, -0.2) is 0 Å². The first-order valence-electron chi connectivity index (χ1n) is 30.6. The third kappa shape index (κ3) is 56.3. The predicted octanol–water partition coefficient (Wildman–Crippen LogP) is 20.6. The fourth-order valence-electron chi connectivity index (χ4n) is 8.92. The van der Waals surface area contributed by atoms with Crippen molar-refractivity contribution in [2.45, 2.75) is 329 Å². The van der Waals surface area contributed by atoms with Gasteiger partial charge in [0.1, 0.15) is 13.2 Å². The number of carbonyl (C=O) groups excluding carboxylic acids is 3. The minimum atomic E-state index is -0.781. The Balaban J connectivity index is 4.24. The molecule has 70 heavy (non-hydrogen) atoms. The van der Waals surface area contributed by atoms with Crippen molar-refractivity contribution in [2.24, 2.45) is 0 Å². The van der Waals surface area contributed by atoms with E-state index in [-0.39, 0.29) is 31.1 Å². The van der Waals surface area contributed by atoms with Crippen LogP contribution in [0.4, 0.5) is 0 Å². The van der Waals surface area contributed by atoms with Crippen LogP contribution in [-0.2, 0) is 28.6 Å². The molecule has 0 heterocycles. The fraction of sp³-hybridized carbons (Fsp3) is 0.828. The number of hydrogen-bond acceptors (Lipinski definition) is 6. The number of esters is 3. The minimum absolute atomic E-state index is 0.0782. The first-order valence-corrected chi connectivity index (χ1v) is 30.6. The predicted molar refractivity (Wildman–Crippen MR) is 302 cm³/mol. The number of ether oxygens (including phenoxy) is 3. The van der Waals surface area contributed by atoms with Gasteiger partial charge in [0.05, 0.1) is 0 Å². The molecule has 0 N–H and O–H groups in total. The van der Waals surface area contributed by atoms with E-state index in [0.29, 0.717) is 19.3 Å². The number of rotatable bonds is 56. The number of allylic oxidation sites excluding steroid dienone is 8. The van der Waals surface area contributed by atoms with E-state index in [1.807, 2.05) is 0 Å². The summed E-state index contributed by atoms with van der Waals surface area (Å²) in [6, 6.07) is 0. The van der Waals surface area contributed by atoms with E-state index in [1.54, 1.807) is 0 Å². The van der Waals surface area contributed by atoms with E-state index in [0.717, 1.165) is 96.3 Å². The quantitative estimate of drug-likeness (QED) is 0.0261. The highest BCUT2D eigenvalue weighted by Crippen LogP contribution is 2.17. The van der Waals surface area contributed by atoms with Crippen molar-refractivity contribution in [1.29, 1.82) is 0 Å². The molecule has 0 aliphatic rings. The molecule has 0 amide bonds. The van der Waals surface area contributed by atoms with E-state index in [2.05, 4.69) is 69.4 Å². The average molecular weight is 982 g/mol. The summed E-state index contributed by atoms with van der Waals surface area (Å²) in [6.45, 7) is 6.58. The monoisotopic (exact) mass is 981 g/mol. The third-order valence-electron chi connectivity index (χ3n) is 13.5. The number of unbranched alkanes of at least 4 members (excludes halogenated alkanes) is 37. The van der Waals surface area contributed by atoms with Gasteiger partial charge >= 0.3 is 17.9 Å². The molecule has 0 spiro atoms. The zero-order valence-corrected chi connectivity index (χ0v) is 46.8. The summed E-state index contributed by atoms with van der Waals surface area (Å²) in [5.41, 5.74) is 0. The molecule has 0 aromatic rings. The smallest absolute Gasteiger partial charge is 0.306 e. The maximum atomic E-state index is 12.9. The minimum Gasteiger partial charge on any atom is -0.462 e. The molecule has 0 aliphatic heterocycles. The standard InChI is InChI=1S/C64H116O6/c1-4-7-10-13-16-19-22-24-26-28-30-31-32-33-35-36-38-40-42-45-48-51-54-57-63(66)69-60-61(59-68-62(65)56-53-50-47-44-21-18-15-12-9-6-3)70-64(67)58-55-52-49-46-43-41-39-37-34-29-27-25-23-20-17-14-11-8-5-2/h12,15,17,20,25,27,34,37,61H,4-11,13-14,16,18-19,21-24,26,28-33,35-36,38-60H2,1-3H3/b15-12-,20-17-,27-25-,37-34-. The van der Waals surface area contributed by atoms with Crippen molar-refractivity contribution < 1.29 is 28.6 Å². The van der Waals surface area contributed by atoms with E-state index in [4.69, 9.17) is 14.2 Å². The van der Waals surface area contributed by atoms with E-state index in [9.17, 15) is 14.4 Å². The summed E-state index contributed by atoms with van der Waals surface area (Å²) in [5.74, 6) is -0.886. The zero-order valence-electron chi connectivity index (χ0n) is 46.8. The van der Waals surface area contributed by atoms with Gasteiger partial charge in [-0.3, -0.25) is 14.4 Å². The maximum Gasteiger partial charge on any atom is 0.306 e. The SMILES string of the molecule is CCC/C=C\CCCCCCCC(=O)OCC(COC(=O)CCCCCCCCCCCCCCCCCCCCCCCCC)OC(=O)CCCCCCCC/C=C\C/C=C\C/C=C\CCCCC. The van der Waals surface area contributed by atoms with Crippen molar-refractivity contribution in [2.75, 3.05) is 13.2 Å². The molecule has 0 aliphatic carbocycles. The molecule has 0 aromatic carbocycles. The van der Waals surface area contributed by atoms with Crippen LogP contribution in [0.25, 0.3) is 0 Å². The summed E-state index contributed by atoms with van der Waals surface area (Å²) in [6.07, 6.45) is 72.6. The lowest BCUT2D eigenvalue weighted by Gasteiger charge is -2.18. The van der Waals surface area contributed by atoms with Crippen molar-refractivity contribution in [3.05, 3.63) is 48.6 Å². The Labute approximate surface area is 435 Å². The van der Waals surface area contributed by atoms with Crippen LogP contribution in [0, 0.1) is 0 Å². The third-order valence-corrected chi connectivity index (χ3v) is 13.5. The summed E-state index contributed by atoms with van der Waals surface area (Å²) in [7, 11) is 0. The van der Waals surface area contributed by atoms with Crippen LogP contribution >= 0.6 is 0 Å². The Morgan fingerprint density at radius 1 is 0.286 bits per heavy atom. The summed E-state index contributed by atoms with van der Waals surface area (Å²) >= 11 is 0. The fourth-order valence-corrected chi connectivity index (χ4v) is 8.92. The van der Waals surface area contributed by atoms with Crippen molar-refractivity contribution in [3.8, 4) is 0 Å². The molecule has 0 bridgehead atoms. The van der Waals surface area contributed by atoms with Crippen LogP contribution in [0.15, 0.2) is 48.6 Å². The molecule has 0 fully saturated rings. The van der Waals surface area contributed by atoms with Gasteiger partial charge in [0, 0.05) is 19.3 Å². The molecule has 1 atom stereocenters. The van der Waals surface area contributed by atoms with E-state index in [1.165, 1.54) is 186 Å². The van der Waals surface area contributed by atoms with Crippen LogP contribution in [0.5, 0.6) is 0 Å². The highest BCUT2D eigenvalue weighted by Gasteiger charge is 2.19. The second-order valence-corrected chi connectivity index (χ2v) is 20.6. The summed E-state index contributed by atoms with van der Waals surface area (Å²) < 4.78 is 16.9. The molecular weight excluding hydrogens is 865 g/mol. The maximum absolute atomic E-state index is 12.9. The van der Waals surface area contributed by atoms with Crippen LogP contribution in [0.2, 0.25) is 0 Å². The molecule has 0 aromatic heterocycles. The van der Waals surface area contributed by atoms with Crippen LogP contribution in [-0.4, -0.2) is 37.2 Å². The van der Waals surface area contributed by atoms with Crippen LogP contribution in [0.1, 0.15) is 323 Å². The highest BCUT2D eigenvalue weighted by atomic mass is 16.6. The molecule has 1 unspecified atom stereocenters. The Kier molecular flexibility index (Phi) is 56.7. The second-order valence-electron chi connectivity index (χ2n) is 20.6. The molecule has 0 saturated carbocycles. The van der Waals surface area contributed by atoms with Gasteiger partial charge in [0.15, 0.2) is 6.10 Å². The zero-order chi connectivity index (χ0) is 50.7. The summed E-state index contributed by atoms with van der Waals surface area (Å²) in [4.78, 5) is 38.1.